The molecule has 0 spiro atoms. The summed E-state index contributed by atoms with van der Waals surface area (Å²) in [5, 5.41) is 0. The standard InChI is InChI=1S/C31H27N3.ClH.Cu/c1-21-18-22(2)29(23(3)19-21)33-20-34-30(25-14-8-5-9-15-25)28(24-12-6-4-7-13-24)32-31(34)26-16-10-11-17-27(26)33;;/h4-19,28,30H,1-3H3;1H;/q;;+1/p-1/t28-,30-;;/m0../s1. The van der Waals surface area contributed by atoms with E-state index in [4.69, 9.17) is 4.99 Å². The molecule has 0 bridgehead atoms. The first-order chi connectivity index (χ1) is 17.6. The maximum absolute atomic E-state index is 5.32. The summed E-state index contributed by atoms with van der Waals surface area (Å²) in [5.41, 5.74) is 9.66. The number of amidine groups is 1. The van der Waals surface area contributed by atoms with Gasteiger partial charge in [0, 0.05) is 11.3 Å². The molecule has 4 aromatic rings. The van der Waals surface area contributed by atoms with Gasteiger partial charge in [0.05, 0.1) is 11.7 Å². The van der Waals surface area contributed by atoms with E-state index in [0.717, 1.165) is 17.1 Å². The molecule has 0 fully saturated rings. The second-order valence-corrected chi connectivity index (χ2v) is 9.23. The maximum atomic E-state index is 5.32. The van der Waals surface area contributed by atoms with Crippen molar-refractivity contribution in [2.24, 2.45) is 4.99 Å². The summed E-state index contributed by atoms with van der Waals surface area (Å²) in [6, 6.07) is 34.4. The molecule has 0 amide bonds. The van der Waals surface area contributed by atoms with E-state index in [0.29, 0.717) is 0 Å². The molecule has 5 heteroatoms. The van der Waals surface area contributed by atoms with Crippen molar-refractivity contribution in [1.29, 1.82) is 0 Å². The van der Waals surface area contributed by atoms with Crippen LogP contribution in [0, 0.1) is 27.4 Å². The topological polar surface area (TPSA) is 18.8 Å². The van der Waals surface area contributed by atoms with Crippen LogP contribution in [0.3, 0.4) is 0 Å². The third kappa shape index (κ3) is 4.35. The van der Waals surface area contributed by atoms with Crippen LogP contribution in [0.25, 0.3) is 0 Å². The van der Waals surface area contributed by atoms with E-state index in [1.165, 1.54) is 33.5 Å². The van der Waals surface area contributed by atoms with Crippen molar-refractivity contribution in [2.45, 2.75) is 32.9 Å². The third-order valence-electron chi connectivity index (χ3n) is 6.80. The molecule has 0 saturated heterocycles. The summed E-state index contributed by atoms with van der Waals surface area (Å²) in [4.78, 5) is 9.82. The van der Waals surface area contributed by atoms with E-state index in [2.05, 4.69) is 160 Å². The Kier molecular flexibility index (Phi) is 7.20. The van der Waals surface area contributed by atoms with E-state index in [9.17, 15) is 0 Å². The molecule has 2 heterocycles. The quantitative estimate of drug-likeness (QED) is 0.245. The number of aliphatic imine (C=N–C) groups is 1. The van der Waals surface area contributed by atoms with Gasteiger partial charge in [-0.3, -0.25) is 4.99 Å². The van der Waals surface area contributed by atoms with Gasteiger partial charge in [-0.25, -0.2) is 0 Å². The third-order valence-corrected chi connectivity index (χ3v) is 6.80. The monoisotopic (exact) mass is 539 g/mol. The van der Waals surface area contributed by atoms with Crippen LogP contribution in [0.4, 0.5) is 11.4 Å². The van der Waals surface area contributed by atoms with Crippen LogP contribution in [-0.2, 0) is 15.1 Å². The Morgan fingerprint density at radius 3 is 1.94 bits per heavy atom. The van der Waals surface area contributed by atoms with Gasteiger partial charge in [0.1, 0.15) is 11.9 Å². The number of para-hydroxylation sites is 1. The Morgan fingerprint density at radius 1 is 0.750 bits per heavy atom. The van der Waals surface area contributed by atoms with Crippen molar-refractivity contribution in [3.05, 3.63) is 137 Å². The summed E-state index contributed by atoms with van der Waals surface area (Å²) < 4.78 is 0. The van der Waals surface area contributed by atoms with Crippen molar-refractivity contribution in [1.82, 2.24) is 4.90 Å². The number of rotatable bonds is 3. The molecule has 184 valence electrons. The number of fused-ring (bicyclic) bond motifs is 3. The first-order valence-corrected chi connectivity index (χ1v) is 13.2. The summed E-state index contributed by atoms with van der Waals surface area (Å²) in [7, 11) is 4.20. The molecular weight excluding hydrogens is 513 g/mol. The minimum atomic E-state index is -0.0145. The van der Waals surface area contributed by atoms with Crippen LogP contribution in [0.2, 0.25) is 0 Å². The zero-order valence-corrected chi connectivity index (χ0v) is 22.1. The predicted molar refractivity (Wildman–Crippen MR) is 145 cm³/mol. The molecule has 6 rings (SSSR count). The van der Waals surface area contributed by atoms with Crippen molar-refractivity contribution in [3.8, 4) is 0 Å². The molecule has 2 aliphatic heterocycles. The molecule has 2 atom stereocenters. The number of anilines is 2. The van der Waals surface area contributed by atoms with E-state index in [1.807, 2.05) is 0 Å². The molecule has 0 aliphatic carbocycles. The summed E-state index contributed by atoms with van der Waals surface area (Å²) >= 11 is 3.66. The fourth-order valence-electron chi connectivity index (χ4n) is 5.45. The number of benzene rings is 4. The van der Waals surface area contributed by atoms with Crippen LogP contribution >= 0.6 is 10.1 Å². The predicted octanol–water partition coefficient (Wildman–Crippen LogP) is 7.99. The summed E-state index contributed by atoms with van der Waals surface area (Å²) in [6.07, 6.45) is 0. The number of hydrogen-bond acceptors (Lipinski definition) is 3. The van der Waals surface area contributed by atoms with Crippen LogP contribution in [0.1, 0.15) is 45.5 Å². The average molecular weight is 541 g/mol. The molecule has 2 radical (unpaired) electrons. The van der Waals surface area contributed by atoms with E-state index < -0.39 is 0 Å². The zero-order chi connectivity index (χ0) is 25.2. The van der Waals surface area contributed by atoms with Gasteiger partial charge in [-0.15, -0.1) is 0 Å². The van der Waals surface area contributed by atoms with E-state index in [-0.39, 0.29) is 12.1 Å². The normalized spacial score (nSPS) is 18.1. The molecule has 0 saturated carbocycles. The Labute approximate surface area is 226 Å². The van der Waals surface area contributed by atoms with Gasteiger partial charge >= 0.3 is 25.2 Å². The molecule has 0 N–H and O–H groups in total. The average Bonchev–Trinajstić information content (AvgIpc) is 3.30. The molecule has 0 aromatic heterocycles. The summed E-state index contributed by atoms with van der Waals surface area (Å²) in [6.45, 7) is 10.3. The minimum absolute atomic E-state index is 0.0145. The van der Waals surface area contributed by atoms with Crippen LogP contribution in [0.5, 0.6) is 0 Å². The zero-order valence-electron chi connectivity index (χ0n) is 20.4. The van der Waals surface area contributed by atoms with Gasteiger partial charge in [-0.1, -0.05) is 90.5 Å². The van der Waals surface area contributed by atoms with Crippen LogP contribution in [0.15, 0.2) is 102 Å². The van der Waals surface area contributed by atoms with Gasteiger partial charge in [-0.05, 0) is 55.2 Å². The van der Waals surface area contributed by atoms with Gasteiger partial charge in [0.15, 0.2) is 0 Å². The molecule has 4 aromatic carbocycles. The van der Waals surface area contributed by atoms with Gasteiger partial charge in [0.25, 0.3) is 0 Å². The number of aryl methyl sites for hydroxylation is 3. The van der Waals surface area contributed by atoms with Crippen LogP contribution in [-0.4, -0.2) is 10.7 Å². The fourth-order valence-corrected chi connectivity index (χ4v) is 5.45. The Morgan fingerprint density at radius 2 is 1.31 bits per heavy atom. The first kappa shape index (κ1) is 24.6. The van der Waals surface area contributed by atoms with Crippen molar-refractivity contribution in [2.75, 3.05) is 4.90 Å². The number of hydrogen-bond donors (Lipinski definition) is 0. The molecular formula is C31H27ClCuN3. The fraction of sp³-hybridized carbons (Fsp3) is 0.161. The van der Waals surface area contributed by atoms with Crippen LogP contribution < -0.4 is 4.90 Å². The van der Waals surface area contributed by atoms with Gasteiger partial charge in [0.2, 0.25) is 6.67 Å². The van der Waals surface area contributed by atoms with Crippen molar-refractivity contribution >= 4 is 27.3 Å². The Bertz CT molecular complexity index is 1360. The van der Waals surface area contributed by atoms with Gasteiger partial charge in [-0.2, -0.15) is 0 Å². The SMILES string of the molecule is Cc1cc(C)c(N2[C]N3C(=N[C@@H](c4ccccc4)[C@@H]3c3ccccc3)c3ccccc32)c(C)c1.[Cl][Cu]. The second kappa shape index (κ2) is 10.5. The Balaban J connectivity index is 0.00000130. The van der Waals surface area contributed by atoms with E-state index in [1.54, 1.807) is 0 Å². The van der Waals surface area contributed by atoms with Gasteiger partial charge < -0.3 is 9.80 Å². The second-order valence-electron chi connectivity index (χ2n) is 9.23. The van der Waals surface area contributed by atoms with Crippen molar-refractivity contribution in [3.63, 3.8) is 0 Å². The van der Waals surface area contributed by atoms with E-state index >= 15 is 0 Å². The Hall–Kier alpha value is -3.04. The molecule has 36 heavy (non-hydrogen) atoms. The molecule has 3 nitrogen and oxygen atoms in total. The number of nitrogens with zero attached hydrogens (tertiary/aromatic N) is 3. The number of halogens is 1. The first-order valence-electron chi connectivity index (χ1n) is 11.9. The van der Waals surface area contributed by atoms with Crippen molar-refractivity contribution < 1.29 is 15.1 Å². The summed E-state index contributed by atoms with van der Waals surface area (Å²) in [5.74, 6) is 0.983. The molecule has 0 unspecified atom stereocenters. The molecule has 2 aliphatic rings.